The zero-order valence-corrected chi connectivity index (χ0v) is 18.6. The van der Waals surface area contributed by atoms with Crippen LogP contribution >= 0.6 is 0 Å². The molecule has 0 aliphatic heterocycles. The first kappa shape index (κ1) is 26.3. The van der Waals surface area contributed by atoms with E-state index in [0.29, 0.717) is 0 Å². The molecule has 0 saturated carbocycles. The number of carboxylic acid groups (broad SMARTS) is 2. The van der Waals surface area contributed by atoms with E-state index in [1.807, 2.05) is 0 Å². The van der Waals surface area contributed by atoms with Crippen molar-refractivity contribution < 1.29 is 48.5 Å². The predicted molar refractivity (Wildman–Crippen MR) is 117 cm³/mol. The van der Waals surface area contributed by atoms with E-state index in [-0.39, 0.29) is 22.5 Å². The minimum absolute atomic E-state index is 0.0110. The monoisotopic (exact) mass is 485 g/mol. The molecule has 0 heterocycles. The number of carbonyl (C=O) groups excluding carboxylic acids is 4. The van der Waals surface area contributed by atoms with Gasteiger partial charge in [-0.1, -0.05) is 0 Å². The number of nitrogens with one attached hydrogen (secondary N) is 1. The van der Waals surface area contributed by atoms with Gasteiger partial charge in [-0.2, -0.15) is 10.2 Å². The van der Waals surface area contributed by atoms with Crippen LogP contribution in [-0.2, 0) is 19.1 Å². The topological polar surface area (TPSA) is 198 Å². The van der Waals surface area contributed by atoms with Crippen LogP contribution in [0.5, 0.6) is 0 Å². The van der Waals surface area contributed by atoms with Gasteiger partial charge in [0.05, 0.1) is 47.8 Å². The molecule has 1 atom stereocenters. The van der Waals surface area contributed by atoms with Crippen LogP contribution in [0.1, 0.15) is 48.4 Å². The van der Waals surface area contributed by atoms with Crippen molar-refractivity contribution in [2.75, 3.05) is 19.5 Å². The summed E-state index contributed by atoms with van der Waals surface area (Å²) in [5.74, 6) is -6.27. The molecule has 2 aromatic carbocycles. The highest BCUT2D eigenvalue weighted by Crippen LogP contribution is 2.22. The predicted octanol–water partition coefficient (Wildman–Crippen LogP) is 2.34. The molecule has 0 aliphatic carbocycles. The highest BCUT2D eigenvalue weighted by Gasteiger charge is 2.26. The van der Waals surface area contributed by atoms with E-state index in [1.165, 1.54) is 12.1 Å². The third-order valence-corrected chi connectivity index (χ3v) is 4.44. The molecule has 0 saturated heterocycles. The van der Waals surface area contributed by atoms with Crippen molar-refractivity contribution in [3.63, 3.8) is 0 Å². The van der Waals surface area contributed by atoms with Gasteiger partial charge in [-0.05, 0) is 43.3 Å². The van der Waals surface area contributed by atoms with Crippen LogP contribution in [0, 0.1) is 0 Å². The lowest BCUT2D eigenvalue weighted by molar-refractivity contribution is -0.126. The Hall–Kier alpha value is -4.94. The second-order valence-electron chi connectivity index (χ2n) is 6.84. The van der Waals surface area contributed by atoms with E-state index in [0.717, 1.165) is 45.4 Å². The number of hydrogen-bond donors (Lipinski definition) is 3. The van der Waals surface area contributed by atoms with Gasteiger partial charge in [0.25, 0.3) is 5.91 Å². The third-order valence-electron chi connectivity index (χ3n) is 4.44. The number of carbonyl (C=O) groups is 6. The van der Waals surface area contributed by atoms with Gasteiger partial charge in [-0.25, -0.2) is 19.2 Å². The Kier molecular flexibility index (Phi) is 8.47. The number of rotatable bonds is 9. The fourth-order valence-electron chi connectivity index (χ4n) is 2.74. The molecule has 2 rings (SSSR count). The zero-order chi connectivity index (χ0) is 26.3. The summed E-state index contributed by atoms with van der Waals surface area (Å²) in [6.07, 6.45) is 0. The molecule has 35 heavy (non-hydrogen) atoms. The highest BCUT2D eigenvalue weighted by atomic mass is 16.5. The standard InChI is InChI=1S/C22H19N3O10/c1-10(26)17(25-24-14-7-12(19(28)29)6-13(8-14)20(30)31)18(27)23-16-9-11(21(32)34-2)4-5-15(16)22(33)35-3/h4-9,17H,1-3H3,(H,23,27)(H,28,29)(H,30,31). The number of carboxylic acids is 2. The molecular weight excluding hydrogens is 466 g/mol. The molecule has 0 aromatic heterocycles. The van der Waals surface area contributed by atoms with Crippen LogP contribution in [0.25, 0.3) is 0 Å². The zero-order valence-electron chi connectivity index (χ0n) is 18.6. The smallest absolute Gasteiger partial charge is 0.339 e. The van der Waals surface area contributed by atoms with Crippen molar-refractivity contribution in [2.24, 2.45) is 10.2 Å². The van der Waals surface area contributed by atoms with Gasteiger partial charge in [0.15, 0.2) is 5.78 Å². The summed E-state index contributed by atoms with van der Waals surface area (Å²) >= 11 is 0. The van der Waals surface area contributed by atoms with Crippen LogP contribution in [-0.4, -0.2) is 66.0 Å². The summed E-state index contributed by atoms with van der Waals surface area (Å²) in [5.41, 5.74) is -1.34. The molecule has 0 spiro atoms. The quantitative estimate of drug-likeness (QED) is 0.269. The van der Waals surface area contributed by atoms with Gasteiger partial charge in [0.1, 0.15) is 0 Å². The average Bonchev–Trinajstić information content (AvgIpc) is 2.82. The van der Waals surface area contributed by atoms with Gasteiger partial charge in [0, 0.05) is 0 Å². The molecule has 13 nitrogen and oxygen atoms in total. The number of ketones is 1. The summed E-state index contributed by atoms with van der Waals surface area (Å²) in [6.45, 7) is 1.03. The van der Waals surface area contributed by atoms with E-state index in [9.17, 15) is 28.8 Å². The Labute approximate surface area is 197 Å². The molecule has 1 amide bonds. The summed E-state index contributed by atoms with van der Waals surface area (Å²) in [4.78, 5) is 71.2. The molecule has 0 aliphatic rings. The Morgan fingerprint density at radius 1 is 0.829 bits per heavy atom. The Bertz CT molecular complexity index is 1220. The molecule has 0 bridgehead atoms. The molecule has 2 aromatic rings. The molecule has 13 heteroatoms. The maximum absolute atomic E-state index is 12.8. The van der Waals surface area contributed by atoms with Gasteiger partial charge in [-0.15, -0.1) is 0 Å². The minimum Gasteiger partial charge on any atom is -0.478 e. The van der Waals surface area contributed by atoms with Crippen molar-refractivity contribution in [1.29, 1.82) is 0 Å². The number of nitrogens with zero attached hydrogens (tertiary/aromatic N) is 2. The fraction of sp³-hybridized carbons (Fsp3) is 0.182. The van der Waals surface area contributed by atoms with Crippen molar-refractivity contribution in [1.82, 2.24) is 0 Å². The summed E-state index contributed by atoms with van der Waals surface area (Å²) in [6, 6.07) is 4.77. The Morgan fingerprint density at radius 3 is 1.89 bits per heavy atom. The number of esters is 2. The van der Waals surface area contributed by atoms with Crippen molar-refractivity contribution in [3.05, 3.63) is 58.7 Å². The van der Waals surface area contributed by atoms with Gasteiger partial charge < -0.3 is 25.0 Å². The van der Waals surface area contributed by atoms with Crippen LogP contribution in [0.3, 0.4) is 0 Å². The maximum atomic E-state index is 12.8. The number of benzene rings is 2. The van der Waals surface area contributed by atoms with Crippen molar-refractivity contribution >= 4 is 46.9 Å². The molecule has 182 valence electrons. The number of ether oxygens (including phenoxy) is 2. The van der Waals surface area contributed by atoms with Crippen molar-refractivity contribution in [2.45, 2.75) is 13.0 Å². The van der Waals surface area contributed by atoms with E-state index in [2.05, 4.69) is 25.0 Å². The number of amides is 1. The Balaban J connectivity index is 2.43. The molecule has 0 radical (unpaired) electrons. The number of methoxy groups -OCH3 is 2. The summed E-state index contributed by atoms with van der Waals surface area (Å²) in [5, 5.41) is 27.9. The second-order valence-corrected chi connectivity index (χ2v) is 6.84. The second kappa shape index (κ2) is 11.3. The number of anilines is 1. The average molecular weight is 485 g/mol. The number of azo groups is 1. The van der Waals surface area contributed by atoms with E-state index < -0.39 is 52.7 Å². The molecule has 0 fully saturated rings. The van der Waals surface area contributed by atoms with Crippen LogP contribution < -0.4 is 5.32 Å². The molecule has 3 N–H and O–H groups in total. The minimum atomic E-state index is -1.76. The fourth-order valence-corrected chi connectivity index (χ4v) is 2.74. The Morgan fingerprint density at radius 2 is 1.40 bits per heavy atom. The highest BCUT2D eigenvalue weighted by molar-refractivity contribution is 6.12. The lowest BCUT2D eigenvalue weighted by atomic mass is 10.1. The van der Waals surface area contributed by atoms with Gasteiger partial charge in [0.2, 0.25) is 6.04 Å². The lowest BCUT2D eigenvalue weighted by Crippen LogP contribution is -2.32. The summed E-state index contributed by atoms with van der Waals surface area (Å²) in [7, 11) is 2.24. The van der Waals surface area contributed by atoms with Gasteiger partial charge in [-0.3, -0.25) is 9.59 Å². The van der Waals surface area contributed by atoms with Crippen LogP contribution in [0.4, 0.5) is 11.4 Å². The lowest BCUT2D eigenvalue weighted by Gasteiger charge is -2.13. The molecule has 1 unspecified atom stereocenters. The van der Waals surface area contributed by atoms with Crippen molar-refractivity contribution in [3.8, 4) is 0 Å². The van der Waals surface area contributed by atoms with Crippen LogP contribution in [0.2, 0.25) is 0 Å². The largest absolute Gasteiger partial charge is 0.478 e. The van der Waals surface area contributed by atoms with Crippen LogP contribution in [0.15, 0.2) is 46.6 Å². The number of hydrogen-bond acceptors (Lipinski definition) is 10. The molecular formula is C22H19N3O10. The van der Waals surface area contributed by atoms with E-state index >= 15 is 0 Å². The summed E-state index contributed by atoms with van der Waals surface area (Å²) < 4.78 is 9.26. The van der Waals surface area contributed by atoms with E-state index in [1.54, 1.807) is 0 Å². The normalized spacial score (nSPS) is 11.4. The number of aromatic carboxylic acids is 2. The SMILES string of the molecule is COC(=O)c1ccc(C(=O)OC)c(NC(=O)C(N=Nc2cc(C(=O)O)cc(C(=O)O)c2)C(C)=O)c1. The third kappa shape index (κ3) is 6.54. The number of Topliss-reactive ketones (excluding diaryl/α,β-unsaturated/α-hetero) is 1. The first-order valence-electron chi connectivity index (χ1n) is 9.63. The maximum Gasteiger partial charge on any atom is 0.339 e. The van der Waals surface area contributed by atoms with E-state index in [4.69, 9.17) is 10.2 Å². The first-order valence-corrected chi connectivity index (χ1v) is 9.63. The van der Waals surface area contributed by atoms with Gasteiger partial charge >= 0.3 is 23.9 Å². The first-order chi connectivity index (χ1) is 16.5.